The summed E-state index contributed by atoms with van der Waals surface area (Å²) in [4.78, 5) is 7.54. The number of phenolic OH excluding ortho intramolecular Hbond substituents is 1. The van der Waals surface area contributed by atoms with E-state index in [0.29, 0.717) is 18.4 Å². The maximum absolute atomic E-state index is 13.5. The fourth-order valence-corrected chi connectivity index (χ4v) is 2.12. The number of fused-ring (bicyclic) bond motifs is 1. The number of aromatic amines is 1. The predicted octanol–water partition coefficient (Wildman–Crippen LogP) is 3.19. The zero-order valence-corrected chi connectivity index (χ0v) is 10.2. The standard InChI is InChI=1S/C15H13FN2O/c16-12-4-2-1-3-10(12)5-8-15-17-13-7-6-11(19)9-14(13)18-15/h1-4,6-7,9,19H,5,8H2,(H,17,18). The number of halogens is 1. The van der Waals surface area contributed by atoms with Crippen molar-refractivity contribution < 1.29 is 9.50 Å². The molecule has 1 aromatic heterocycles. The number of nitrogens with one attached hydrogen (secondary N) is 1. The molecular weight excluding hydrogens is 243 g/mol. The average Bonchev–Trinajstić information content (AvgIpc) is 2.79. The third-order valence-corrected chi connectivity index (χ3v) is 3.10. The zero-order chi connectivity index (χ0) is 13.2. The normalized spacial score (nSPS) is 11.0. The molecule has 0 atom stereocenters. The van der Waals surface area contributed by atoms with Crippen LogP contribution in [0.1, 0.15) is 11.4 Å². The van der Waals surface area contributed by atoms with Crippen LogP contribution >= 0.6 is 0 Å². The van der Waals surface area contributed by atoms with Crippen molar-refractivity contribution in [1.29, 1.82) is 0 Å². The van der Waals surface area contributed by atoms with Crippen molar-refractivity contribution >= 4 is 11.0 Å². The van der Waals surface area contributed by atoms with Crippen LogP contribution in [-0.4, -0.2) is 15.1 Å². The molecule has 1 heterocycles. The quantitative estimate of drug-likeness (QED) is 0.756. The van der Waals surface area contributed by atoms with Gasteiger partial charge in [-0.1, -0.05) is 18.2 Å². The van der Waals surface area contributed by atoms with Gasteiger partial charge in [-0.05, 0) is 30.2 Å². The first kappa shape index (κ1) is 11.7. The van der Waals surface area contributed by atoms with Crippen molar-refractivity contribution in [3.8, 4) is 5.75 Å². The van der Waals surface area contributed by atoms with E-state index in [1.807, 2.05) is 6.07 Å². The van der Waals surface area contributed by atoms with Crippen LogP contribution in [0.2, 0.25) is 0 Å². The molecule has 3 rings (SSSR count). The molecule has 19 heavy (non-hydrogen) atoms. The van der Waals surface area contributed by atoms with Crippen LogP contribution in [0.3, 0.4) is 0 Å². The van der Waals surface area contributed by atoms with Crippen molar-refractivity contribution in [1.82, 2.24) is 9.97 Å². The summed E-state index contributed by atoms with van der Waals surface area (Å²) in [6.07, 6.45) is 1.23. The van der Waals surface area contributed by atoms with Crippen molar-refractivity contribution in [2.45, 2.75) is 12.8 Å². The number of hydrogen-bond donors (Lipinski definition) is 2. The van der Waals surface area contributed by atoms with E-state index in [4.69, 9.17) is 0 Å². The molecule has 0 spiro atoms. The fourth-order valence-electron chi connectivity index (χ4n) is 2.12. The molecule has 0 radical (unpaired) electrons. The molecule has 0 saturated heterocycles. The topological polar surface area (TPSA) is 48.9 Å². The monoisotopic (exact) mass is 256 g/mol. The lowest BCUT2D eigenvalue weighted by molar-refractivity contribution is 0.476. The minimum atomic E-state index is -0.184. The highest BCUT2D eigenvalue weighted by atomic mass is 19.1. The Kier molecular flexibility index (Phi) is 2.91. The van der Waals surface area contributed by atoms with Gasteiger partial charge < -0.3 is 10.1 Å². The zero-order valence-electron chi connectivity index (χ0n) is 10.2. The summed E-state index contributed by atoms with van der Waals surface area (Å²) in [5.74, 6) is 0.817. The van der Waals surface area contributed by atoms with Gasteiger partial charge in [0.15, 0.2) is 0 Å². The van der Waals surface area contributed by atoms with Gasteiger partial charge in [-0.3, -0.25) is 0 Å². The number of aromatic hydroxyl groups is 1. The van der Waals surface area contributed by atoms with Gasteiger partial charge in [0, 0.05) is 12.5 Å². The van der Waals surface area contributed by atoms with Gasteiger partial charge in [0.1, 0.15) is 17.4 Å². The number of rotatable bonds is 3. The summed E-state index contributed by atoms with van der Waals surface area (Å²) in [6.45, 7) is 0. The Balaban J connectivity index is 1.80. The maximum atomic E-state index is 13.5. The Morgan fingerprint density at radius 3 is 2.79 bits per heavy atom. The van der Waals surface area contributed by atoms with E-state index in [0.717, 1.165) is 16.9 Å². The first-order valence-electron chi connectivity index (χ1n) is 6.13. The minimum absolute atomic E-state index is 0.184. The number of aromatic nitrogens is 2. The summed E-state index contributed by atoms with van der Waals surface area (Å²) < 4.78 is 13.5. The van der Waals surface area contributed by atoms with E-state index >= 15 is 0 Å². The summed E-state index contributed by atoms with van der Waals surface area (Å²) in [7, 11) is 0. The summed E-state index contributed by atoms with van der Waals surface area (Å²) in [5, 5.41) is 9.39. The summed E-state index contributed by atoms with van der Waals surface area (Å²) in [5.41, 5.74) is 2.29. The molecule has 0 aliphatic carbocycles. The second kappa shape index (κ2) is 4.72. The molecule has 0 saturated carbocycles. The first-order valence-corrected chi connectivity index (χ1v) is 6.13. The van der Waals surface area contributed by atoms with Gasteiger partial charge in [0.25, 0.3) is 0 Å². The van der Waals surface area contributed by atoms with E-state index < -0.39 is 0 Å². The largest absolute Gasteiger partial charge is 0.508 e. The van der Waals surface area contributed by atoms with Gasteiger partial charge in [0.05, 0.1) is 11.0 Å². The van der Waals surface area contributed by atoms with Crippen LogP contribution in [0.5, 0.6) is 5.75 Å². The van der Waals surface area contributed by atoms with E-state index in [1.54, 1.807) is 30.3 Å². The molecule has 3 nitrogen and oxygen atoms in total. The first-order chi connectivity index (χ1) is 9.22. The molecular formula is C15H13FN2O. The number of nitrogens with zero attached hydrogens (tertiary/aromatic N) is 1. The van der Waals surface area contributed by atoms with Gasteiger partial charge in [0.2, 0.25) is 0 Å². The number of hydrogen-bond acceptors (Lipinski definition) is 2. The van der Waals surface area contributed by atoms with Crippen LogP contribution in [0.25, 0.3) is 11.0 Å². The predicted molar refractivity (Wildman–Crippen MR) is 71.6 cm³/mol. The van der Waals surface area contributed by atoms with Crippen LogP contribution in [-0.2, 0) is 12.8 Å². The molecule has 0 aliphatic rings. The van der Waals surface area contributed by atoms with E-state index in [9.17, 15) is 9.50 Å². The molecule has 0 fully saturated rings. The van der Waals surface area contributed by atoms with E-state index in [2.05, 4.69) is 9.97 Å². The van der Waals surface area contributed by atoms with Gasteiger partial charge in [-0.15, -0.1) is 0 Å². The van der Waals surface area contributed by atoms with Gasteiger partial charge in [-0.2, -0.15) is 0 Å². The Morgan fingerprint density at radius 1 is 1.11 bits per heavy atom. The molecule has 4 heteroatoms. The van der Waals surface area contributed by atoms with Crippen molar-refractivity contribution in [3.05, 3.63) is 59.7 Å². The van der Waals surface area contributed by atoms with E-state index in [-0.39, 0.29) is 11.6 Å². The fraction of sp³-hybridized carbons (Fsp3) is 0.133. The molecule has 0 bridgehead atoms. The molecule has 96 valence electrons. The number of H-pyrrole nitrogens is 1. The van der Waals surface area contributed by atoms with Crippen molar-refractivity contribution in [2.24, 2.45) is 0 Å². The van der Waals surface area contributed by atoms with Crippen LogP contribution in [0.15, 0.2) is 42.5 Å². The average molecular weight is 256 g/mol. The summed E-state index contributed by atoms with van der Waals surface area (Å²) in [6, 6.07) is 11.8. The van der Waals surface area contributed by atoms with Crippen LogP contribution in [0, 0.1) is 5.82 Å². The molecule has 0 aliphatic heterocycles. The minimum Gasteiger partial charge on any atom is -0.508 e. The second-order valence-corrected chi connectivity index (χ2v) is 4.48. The van der Waals surface area contributed by atoms with Crippen molar-refractivity contribution in [2.75, 3.05) is 0 Å². The lowest BCUT2D eigenvalue weighted by Crippen LogP contribution is -1.95. The summed E-state index contributed by atoms with van der Waals surface area (Å²) >= 11 is 0. The highest BCUT2D eigenvalue weighted by Crippen LogP contribution is 2.18. The van der Waals surface area contributed by atoms with Gasteiger partial charge in [-0.25, -0.2) is 9.37 Å². The molecule has 2 N–H and O–H groups in total. The molecule has 3 aromatic rings. The Labute approximate surface area is 109 Å². The lowest BCUT2D eigenvalue weighted by atomic mass is 10.1. The number of aryl methyl sites for hydroxylation is 2. The maximum Gasteiger partial charge on any atom is 0.126 e. The van der Waals surface area contributed by atoms with Crippen molar-refractivity contribution in [3.63, 3.8) is 0 Å². The van der Waals surface area contributed by atoms with Gasteiger partial charge >= 0.3 is 0 Å². The Morgan fingerprint density at radius 2 is 1.95 bits per heavy atom. The number of imidazole rings is 1. The third kappa shape index (κ3) is 2.42. The SMILES string of the molecule is Oc1ccc2nc(CCc3ccccc3F)[nH]c2c1. The second-order valence-electron chi connectivity index (χ2n) is 4.48. The molecule has 0 amide bonds. The van der Waals surface area contributed by atoms with E-state index in [1.165, 1.54) is 6.07 Å². The lowest BCUT2D eigenvalue weighted by Gasteiger charge is -2.00. The third-order valence-electron chi connectivity index (χ3n) is 3.10. The Hall–Kier alpha value is -2.36. The number of benzene rings is 2. The van der Waals surface area contributed by atoms with Crippen LogP contribution < -0.4 is 0 Å². The molecule has 0 unspecified atom stereocenters. The highest BCUT2D eigenvalue weighted by molar-refractivity contribution is 5.76. The van der Waals surface area contributed by atoms with Crippen LogP contribution in [0.4, 0.5) is 4.39 Å². The molecule has 2 aromatic carbocycles. The highest BCUT2D eigenvalue weighted by Gasteiger charge is 2.06. The number of phenols is 1. The smallest absolute Gasteiger partial charge is 0.126 e. The Bertz CT molecular complexity index is 721.